The maximum absolute atomic E-state index is 12.3. The van der Waals surface area contributed by atoms with E-state index in [9.17, 15) is 14.7 Å². The van der Waals surface area contributed by atoms with E-state index in [0.717, 1.165) is 10.9 Å². The van der Waals surface area contributed by atoms with Gasteiger partial charge in [0.1, 0.15) is 0 Å². The fourth-order valence-corrected chi connectivity index (χ4v) is 3.10. The van der Waals surface area contributed by atoms with Gasteiger partial charge in [-0.3, -0.25) is 14.7 Å². The molecule has 0 spiro atoms. The molecule has 1 unspecified atom stereocenters. The molecular weight excluding hydrogens is 270 g/mol. The lowest BCUT2D eigenvalue weighted by molar-refractivity contribution is -0.145. The van der Waals surface area contributed by atoms with E-state index >= 15 is 0 Å². The smallest absolute Gasteiger partial charge is 0.307 e. The third-order valence-electron chi connectivity index (χ3n) is 4.16. The van der Waals surface area contributed by atoms with Crippen LogP contribution in [0.3, 0.4) is 0 Å². The van der Waals surface area contributed by atoms with Crippen LogP contribution in [0.4, 0.5) is 5.69 Å². The van der Waals surface area contributed by atoms with Gasteiger partial charge in [0.25, 0.3) is 0 Å². The van der Waals surface area contributed by atoms with E-state index in [0.29, 0.717) is 18.5 Å². The molecule has 0 aliphatic heterocycles. The van der Waals surface area contributed by atoms with Crippen LogP contribution in [0.15, 0.2) is 24.4 Å². The molecule has 3 rings (SSSR count). The Morgan fingerprint density at radius 3 is 2.86 bits per heavy atom. The van der Waals surface area contributed by atoms with Crippen LogP contribution in [0.5, 0.6) is 0 Å². The molecule has 0 bridgehead atoms. The first kappa shape index (κ1) is 13.6. The van der Waals surface area contributed by atoms with Crippen molar-refractivity contribution in [2.24, 2.45) is 17.8 Å². The summed E-state index contributed by atoms with van der Waals surface area (Å²) in [6.45, 7) is 1.99. The number of fused-ring (bicyclic) bond motifs is 1. The number of carboxylic acid groups (broad SMARTS) is 1. The summed E-state index contributed by atoms with van der Waals surface area (Å²) in [6, 6.07) is 5.46. The van der Waals surface area contributed by atoms with Crippen molar-refractivity contribution in [2.75, 3.05) is 5.32 Å². The zero-order valence-corrected chi connectivity index (χ0v) is 11.7. The van der Waals surface area contributed by atoms with Gasteiger partial charge in [-0.1, -0.05) is 6.92 Å². The van der Waals surface area contributed by atoms with Crippen LogP contribution in [0, 0.1) is 17.8 Å². The van der Waals surface area contributed by atoms with Gasteiger partial charge in [0.15, 0.2) is 0 Å². The number of aromatic amines is 1. The number of nitrogens with zero attached hydrogens (tertiary/aromatic N) is 1. The molecule has 6 heteroatoms. The normalized spacial score (nSPS) is 25.1. The predicted octanol–water partition coefficient (Wildman–Crippen LogP) is 2.25. The predicted molar refractivity (Wildman–Crippen MR) is 77.7 cm³/mol. The SMILES string of the molecule is CC1C[C@H](C(=O)Nc2ccc3cn[nH]c3c2)[C@H](C(=O)O)C1. The van der Waals surface area contributed by atoms with E-state index in [1.807, 2.05) is 13.0 Å². The monoisotopic (exact) mass is 287 g/mol. The first-order chi connectivity index (χ1) is 10.0. The Kier molecular flexibility index (Phi) is 3.37. The number of rotatable bonds is 3. The highest BCUT2D eigenvalue weighted by molar-refractivity contribution is 5.97. The number of aromatic nitrogens is 2. The summed E-state index contributed by atoms with van der Waals surface area (Å²) in [7, 11) is 0. The fourth-order valence-electron chi connectivity index (χ4n) is 3.10. The summed E-state index contributed by atoms with van der Waals surface area (Å²) in [6.07, 6.45) is 2.89. The number of amides is 1. The third-order valence-corrected chi connectivity index (χ3v) is 4.16. The number of benzene rings is 1. The highest BCUT2D eigenvalue weighted by Gasteiger charge is 2.41. The molecule has 1 aromatic heterocycles. The van der Waals surface area contributed by atoms with Gasteiger partial charge < -0.3 is 10.4 Å². The molecule has 1 aliphatic rings. The number of carbonyl (C=O) groups is 2. The molecule has 110 valence electrons. The average molecular weight is 287 g/mol. The van der Waals surface area contributed by atoms with Crippen molar-refractivity contribution in [1.82, 2.24) is 10.2 Å². The van der Waals surface area contributed by atoms with Crippen LogP contribution in [0.25, 0.3) is 10.9 Å². The van der Waals surface area contributed by atoms with Gasteiger partial charge in [-0.2, -0.15) is 5.10 Å². The van der Waals surface area contributed by atoms with Crippen LogP contribution in [-0.4, -0.2) is 27.2 Å². The van der Waals surface area contributed by atoms with Crippen LogP contribution in [-0.2, 0) is 9.59 Å². The van der Waals surface area contributed by atoms with Gasteiger partial charge in [-0.05, 0) is 37.0 Å². The van der Waals surface area contributed by atoms with E-state index in [-0.39, 0.29) is 11.8 Å². The van der Waals surface area contributed by atoms with Gasteiger partial charge >= 0.3 is 5.97 Å². The minimum Gasteiger partial charge on any atom is -0.481 e. The van der Waals surface area contributed by atoms with Crippen LogP contribution in [0.1, 0.15) is 19.8 Å². The number of anilines is 1. The molecule has 6 nitrogen and oxygen atoms in total. The van der Waals surface area contributed by atoms with Crippen LogP contribution in [0.2, 0.25) is 0 Å². The lowest BCUT2D eigenvalue weighted by Gasteiger charge is -2.15. The molecule has 1 heterocycles. The number of hydrogen-bond acceptors (Lipinski definition) is 3. The lowest BCUT2D eigenvalue weighted by Crippen LogP contribution is -2.29. The summed E-state index contributed by atoms with van der Waals surface area (Å²) in [4.78, 5) is 23.6. The number of carbonyl (C=O) groups excluding carboxylic acids is 1. The first-order valence-corrected chi connectivity index (χ1v) is 7.01. The van der Waals surface area contributed by atoms with Gasteiger partial charge in [-0.25, -0.2) is 0 Å². The molecule has 0 saturated heterocycles. The van der Waals surface area contributed by atoms with Crippen molar-refractivity contribution in [3.8, 4) is 0 Å². The summed E-state index contributed by atoms with van der Waals surface area (Å²) >= 11 is 0. The second-order valence-corrected chi connectivity index (χ2v) is 5.79. The number of hydrogen-bond donors (Lipinski definition) is 3. The summed E-state index contributed by atoms with van der Waals surface area (Å²) in [5, 5.41) is 19.8. The molecule has 0 radical (unpaired) electrons. The molecule has 1 saturated carbocycles. The van der Waals surface area contributed by atoms with Crippen molar-refractivity contribution in [2.45, 2.75) is 19.8 Å². The first-order valence-electron chi connectivity index (χ1n) is 7.01. The Hall–Kier alpha value is -2.37. The molecule has 3 N–H and O–H groups in total. The fraction of sp³-hybridized carbons (Fsp3) is 0.400. The molecule has 1 aliphatic carbocycles. The second kappa shape index (κ2) is 5.20. The minimum atomic E-state index is -0.886. The van der Waals surface area contributed by atoms with E-state index in [1.165, 1.54) is 0 Å². The zero-order valence-electron chi connectivity index (χ0n) is 11.7. The zero-order chi connectivity index (χ0) is 15.0. The van der Waals surface area contributed by atoms with Crippen molar-refractivity contribution >= 4 is 28.5 Å². The topological polar surface area (TPSA) is 95.1 Å². The van der Waals surface area contributed by atoms with Crippen LogP contribution >= 0.6 is 0 Å². The quantitative estimate of drug-likeness (QED) is 0.806. The Morgan fingerprint density at radius 1 is 1.33 bits per heavy atom. The summed E-state index contributed by atoms with van der Waals surface area (Å²) < 4.78 is 0. The van der Waals surface area contributed by atoms with Crippen LogP contribution < -0.4 is 5.32 Å². The molecule has 2 aromatic rings. The Balaban J connectivity index is 1.77. The number of H-pyrrole nitrogens is 1. The molecule has 1 aromatic carbocycles. The maximum Gasteiger partial charge on any atom is 0.307 e. The Labute approximate surface area is 121 Å². The van der Waals surface area contributed by atoms with Crippen molar-refractivity contribution in [1.29, 1.82) is 0 Å². The van der Waals surface area contributed by atoms with Gasteiger partial charge in [-0.15, -0.1) is 0 Å². The highest BCUT2D eigenvalue weighted by atomic mass is 16.4. The average Bonchev–Trinajstić information content (AvgIpc) is 3.04. The molecular formula is C15H17N3O3. The maximum atomic E-state index is 12.3. The molecule has 1 fully saturated rings. The number of aliphatic carboxylic acids is 1. The van der Waals surface area contributed by atoms with E-state index in [1.54, 1.807) is 18.3 Å². The molecule has 21 heavy (non-hydrogen) atoms. The summed E-state index contributed by atoms with van der Waals surface area (Å²) in [5.74, 6) is -1.89. The van der Waals surface area contributed by atoms with Crippen molar-refractivity contribution in [3.05, 3.63) is 24.4 Å². The van der Waals surface area contributed by atoms with Crippen molar-refractivity contribution in [3.63, 3.8) is 0 Å². The largest absolute Gasteiger partial charge is 0.481 e. The molecule has 3 atom stereocenters. The Bertz CT molecular complexity index is 694. The van der Waals surface area contributed by atoms with E-state index in [2.05, 4.69) is 15.5 Å². The van der Waals surface area contributed by atoms with E-state index < -0.39 is 17.8 Å². The van der Waals surface area contributed by atoms with Gasteiger partial charge in [0.2, 0.25) is 5.91 Å². The standard InChI is InChI=1S/C15H17N3O3/c1-8-4-11(12(5-8)15(20)21)14(19)17-10-3-2-9-7-16-18-13(9)6-10/h2-3,6-8,11-12H,4-5H2,1H3,(H,16,18)(H,17,19)(H,20,21)/t8?,11-,12+/m0/s1. The highest BCUT2D eigenvalue weighted by Crippen LogP contribution is 2.37. The van der Waals surface area contributed by atoms with Gasteiger partial charge in [0.05, 0.1) is 23.5 Å². The number of carboxylic acids is 1. The molecule has 1 amide bonds. The lowest BCUT2D eigenvalue weighted by atomic mass is 9.95. The third kappa shape index (κ3) is 2.61. The van der Waals surface area contributed by atoms with Crippen molar-refractivity contribution < 1.29 is 14.7 Å². The Morgan fingerprint density at radius 2 is 2.10 bits per heavy atom. The summed E-state index contributed by atoms with van der Waals surface area (Å²) in [5.41, 5.74) is 1.49. The van der Waals surface area contributed by atoms with Gasteiger partial charge in [0, 0.05) is 11.1 Å². The number of nitrogens with one attached hydrogen (secondary N) is 2. The minimum absolute atomic E-state index is 0.217. The second-order valence-electron chi connectivity index (χ2n) is 5.79. The van der Waals surface area contributed by atoms with E-state index in [4.69, 9.17) is 0 Å².